The number of aromatic amines is 1. The number of aromatic nitrogens is 1. The molecule has 7 rings (SSSR count). The van der Waals surface area contributed by atoms with Crippen LogP contribution in [0.2, 0.25) is 0 Å². The SMILES string of the molecule is CCOC(=O)CCN1CCN(C2CCN(C(=O)[C@@H](Cc3cc(C)c4[nH]c(=O)oc4c3)OC(=O)N3CCC(N4CCc5ccccc5NC4=O)CC3)CC2)CC1. The van der Waals surface area contributed by atoms with E-state index in [9.17, 15) is 24.0 Å². The molecule has 4 aliphatic heterocycles. The maximum absolute atomic E-state index is 14.2. The number of anilines is 1. The summed E-state index contributed by atoms with van der Waals surface area (Å²) in [6.07, 6.45) is 2.51. The lowest BCUT2D eigenvalue weighted by atomic mass is 9.99. The minimum Gasteiger partial charge on any atom is -0.466 e. The van der Waals surface area contributed by atoms with Gasteiger partial charge in [-0.2, -0.15) is 0 Å². The number of likely N-dealkylation sites (tertiary alicyclic amines) is 2. The summed E-state index contributed by atoms with van der Waals surface area (Å²) in [5, 5.41) is 3.04. The molecule has 55 heavy (non-hydrogen) atoms. The Bertz CT molecular complexity index is 1900. The van der Waals surface area contributed by atoms with E-state index in [2.05, 4.69) is 20.1 Å². The molecule has 3 aromatic rings. The minimum absolute atomic E-state index is 0.0182. The van der Waals surface area contributed by atoms with Crippen molar-refractivity contribution in [1.29, 1.82) is 0 Å². The second kappa shape index (κ2) is 17.3. The lowest BCUT2D eigenvalue weighted by Crippen LogP contribution is -2.55. The Balaban J connectivity index is 0.962. The van der Waals surface area contributed by atoms with Crippen LogP contribution < -0.4 is 11.1 Å². The van der Waals surface area contributed by atoms with Gasteiger partial charge in [0.1, 0.15) is 0 Å². The van der Waals surface area contributed by atoms with Gasteiger partial charge in [0.05, 0.1) is 18.5 Å². The number of ether oxygens (including phenoxy) is 2. The third kappa shape index (κ3) is 9.16. The summed E-state index contributed by atoms with van der Waals surface area (Å²) in [6, 6.07) is 11.7. The summed E-state index contributed by atoms with van der Waals surface area (Å²) in [7, 11) is 0. The molecule has 2 N–H and O–H groups in total. The van der Waals surface area contributed by atoms with Gasteiger partial charge >= 0.3 is 23.8 Å². The standard InChI is InChI=1S/C40H53N7O8/c1-3-53-35(48)13-14-43-20-22-44(23-21-43)30-9-15-45(16-10-30)37(49)34(26-28-24-27(2)36-33(25-28)54-39(51)42-36)55-40(52)46-17-11-31(12-18-46)47-19-8-29-6-4-5-7-32(29)41-38(47)50/h4-7,24-25,30-31,34H,3,8-23,26H2,1-2H3,(H,41,50)(H,42,51)/t34-/m1/s1. The Morgan fingerprint density at radius 3 is 2.35 bits per heavy atom. The van der Waals surface area contributed by atoms with Crippen LogP contribution in [0, 0.1) is 6.92 Å². The van der Waals surface area contributed by atoms with Crippen molar-refractivity contribution in [2.24, 2.45) is 0 Å². The zero-order valence-electron chi connectivity index (χ0n) is 31.9. The maximum atomic E-state index is 14.2. The molecule has 0 unspecified atom stereocenters. The quantitative estimate of drug-likeness (QED) is 0.293. The number of para-hydroxylation sites is 1. The predicted octanol–water partition coefficient (Wildman–Crippen LogP) is 3.59. The van der Waals surface area contributed by atoms with Crippen LogP contribution in [0.15, 0.2) is 45.6 Å². The van der Waals surface area contributed by atoms with E-state index in [4.69, 9.17) is 13.9 Å². The van der Waals surface area contributed by atoms with Crippen LogP contribution in [0.25, 0.3) is 11.1 Å². The van der Waals surface area contributed by atoms with E-state index >= 15 is 0 Å². The number of amides is 4. The second-order valence-corrected chi connectivity index (χ2v) is 15.1. The third-order valence-corrected chi connectivity index (χ3v) is 11.7. The highest BCUT2D eigenvalue weighted by Crippen LogP contribution is 2.27. The van der Waals surface area contributed by atoms with Crippen LogP contribution in [-0.4, -0.2) is 144 Å². The normalized spacial score (nSPS) is 19.8. The Labute approximate surface area is 320 Å². The number of esters is 1. The molecule has 1 aromatic heterocycles. The molecule has 5 heterocycles. The third-order valence-electron chi connectivity index (χ3n) is 11.7. The van der Waals surface area contributed by atoms with Crippen molar-refractivity contribution in [2.45, 2.75) is 77.0 Å². The first-order valence-electron chi connectivity index (χ1n) is 19.8. The van der Waals surface area contributed by atoms with Crippen LogP contribution in [0.1, 0.15) is 55.7 Å². The smallest absolute Gasteiger partial charge is 0.417 e. The largest absolute Gasteiger partial charge is 0.466 e. The Kier molecular flexibility index (Phi) is 12.1. The molecule has 15 heteroatoms. The van der Waals surface area contributed by atoms with E-state index in [1.54, 1.807) is 11.0 Å². The van der Waals surface area contributed by atoms with Crippen LogP contribution in [-0.2, 0) is 31.9 Å². The number of piperazine rings is 1. The maximum Gasteiger partial charge on any atom is 0.417 e. The minimum atomic E-state index is -1.07. The zero-order valence-corrected chi connectivity index (χ0v) is 31.9. The highest BCUT2D eigenvalue weighted by molar-refractivity contribution is 5.91. The molecule has 3 fully saturated rings. The molecule has 3 saturated heterocycles. The molecule has 0 spiro atoms. The van der Waals surface area contributed by atoms with Gasteiger partial charge in [-0.3, -0.25) is 19.5 Å². The second-order valence-electron chi connectivity index (χ2n) is 15.1. The molecule has 4 amide bonds. The summed E-state index contributed by atoms with van der Waals surface area (Å²) in [5.74, 6) is -0.951. The number of nitrogens with one attached hydrogen (secondary N) is 2. The highest BCUT2D eigenvalue weighted by Gasteiger charge is 2.37. The number of H-pyrrole nitrogens is 1. The van der Waals surface area contributed by atoms with Gasteiger partial charge in [-0.05, 0) is 74.8 Å². The average molecular weight is 760 g/mol. The van der Waals surface area contributed by atoms with Crippen molar-refractivity contribution in [1.82, 2.24) is 29.5 Å². The average Bonchev–Trinajstić information content (AvgIpc) is 3.49. The number of oxazole rings is 1. The molecule has 0 bridgehead atoms. The van der Waals surface area contributed by atoms with Crippen molar-refractivity contribution >= 4 is 40.8 Å². The van der Waals surface area contributed by atoms with E-state index in [1.165, 1.54) is 0 Å². The fraction of sp³-hybridized carbons (Fsp3) is 0.575. The first-order chi connectivity index (χ1) is 26.6. The number of urea groups is 1. The summed E-state index contributed by atoms with van der Waals surface area (Å²) in [6.45, 7) is 10.9. The summed E-state index contributed by atoms with van der Waals surface area (Å²) < 4.78 is 16.5. The molecule has 15 nitrogen and oxygen atoms in total. The van der Waals surface area contributed by atoms with Crippen molar-refractivity contribution in [2.75, 3.05) is 77.4 Å². The van der Waals surface area contributed by atoms with E-state index in [-0.39, 0.29) is 30.4 Å². The van der Waals surface area contributed by atoms with E-state index in [0.717, 1.165) is 67.8 Å². The number of hydrogen-bond acceptors (Lipinski definition) is 10. The number of rotatable bonds is 10. The number of aryl methyl sites for hydroxylation is 1. The van der Waals surface area contributed by atoms with Crippen LogP contribution in [0.5, 0.6) is 0 Å². The summed E-state index contributed by atoms with van der Waals surface area (Å²) >= 11 is 0. The van der Waals surface area contributed by atoms with Crippen molar-refractivity contribution < 1.29 is 33.1 Å². The molecule has 296 valence electrons. The molecular weight excluding hydrogens is 706 g/mol. The summed E-state index contributed by atoms with van der Waals surface area (Å²) in [4.78, 5) is 77.7. The summed E-state index contributed by atoms with van der Waals surface area (Å²) in [5.41, 5.74) is 4.45. The van der Waals surface area contributed by atoms with Crippen molar-refractivity contribution in [3.63, 3.8) is 0 Å². The number of nitrogens with zero attached hydrogens (tertiary/aromatic N) is 5. The number of fused-ring (bicyclic) bond motifs is 2. The Hall–Kier alpha value is -4.89. The Morgan fingerprint density at radius 1 is 0.891 bits per heavy atom. The van der Waals surface area contributed by atoms with Gasteiger partial charge in [-0.15, -0.1) is 0 Å². The number of benzene rings is 2. The molecule has 4 aliphatic rings. The van der Waals surface area contributed by atoms with Gasteiger partial charge < -0.3 is 38.8 Å². The molecule has 0 aliphatic carbocycles. The fourth-order valence-electron chi connectivity index (χ4n) is 8.59. The predicted molar refractivity (Wildman–Crippen MR) is 205 cm³/mol. The molecular formula is C40H53N7O8. The highest BCUT2D eigenvalue weighted by atomic mass is 16.6. The van der Waals surface area contributed by atoms with Crippen LogP contribution >= 0.6 is 0 Å². The number of carbonyl (C=O) groups excluding carboxylic acids is 4. The van der Waals surface area contributed by atoms with Gasteiger partial charge in [0.15, 0.2) is 11.7 Å². The first-order valence-corrected chi connectivity index (χ1v) is 19.8. The number of carbonyl (C=O) groups is 4. The number of piperidine rings is 2. The van der Waals surface area contributed by atoms with Crippen molar-refractivity contribution in [3.05, 3.63) is 63.6 Å². The molecule has 2 aromatic carbocycles. The first kappa shape index (κ1) is 38.4. The zero-order chi connectivity index (χ0) is 38.5. The van der Waals surface area contributed by atoms with E-state index in [0.29, 0.717) is 82.3 Å². The molecule has 0 saturated carbocycles. The fourth-order valence-corrected chi connectivity index (χ4v) is 8.59. The van der Waals surface area contributed by atoms with Crippen LogP contribution in [0.4, 0.5) is 15.3 Å². The lowest BCUT2D eigenvalue weighted by Gasteiger charge is -2.43. The van der Waals surface area contributed by atoms with Gasteiger partial charge in [0.25, 0.3) is 5.91 Å². The monoisotopic (exact) mass is 759 g/mol. The van der Waals surface area contributed by atoms with Gasteiger partial charge in [-0.1, -0.05) is 24.3 Å². The van der Waals surface area contributed by atoms with Gasteiger partial charge in [0, 0.05) is 89.6 Å². The van der Waals surface area contributed by atoms with Gasteiger partial charge in [-0.25, -0.2) is 14.4 Å². The van der Waals surface area contributed by atoms with Crippen LogP contribution in [0.3, 0.4) is 0 Å². The molecule has 1 atom stereocenters. The topological polar surface area (TPSA) is 161 Å². The van der Waals surface area contributed by atoms with Crippen molar-refractivity contribution in [3.8, 4) is 0 Å². The molecule has 0 radical (unpaired) electrons. The van der Waals surface area contributed by atoms with Gasteiger partial charge in [0.2, 0.25) is 0 Å². The lowest BCUT2D eigenvalue weighted by molar-refractivity contribution is -0.144. The number of hydrogen-bond donors (Lipinski definition) is 2. The van der Waals surface area contributed by atoms with E-state index < -0.39 is 18.0 Å². The Morgan fingerprint density at radius 2 is 1.60 bits per heavy atom. The van der Waals surface area contributed by atoms with E-state index in [1.807, 2.05) is 54.0 Å².